The Hall–Kier alpha value is -2.71. The number of nitrogens with zero attached hydrogens (tertiary/aromatic N) is 2. The number of likely N-dealkylation sites (tertiary alicyclic amines) is 1. The minimum Gasteiger partial charge on any atom is -0.349 e. The molecule has 5 rings (SSSR count). The average molecular weight is 496 g/mol. The third-order valence-corrected chi connectivity index (χ3v) is 9.89. The standard InChI is InChI=1S/C27H33N3O4S/c1-20-10-12-23(13-11-20)35(33,34)30-16-5-9-24(30)26(32)28-27(14-6-15-27)22-17-25(31)29(19-22)18-21-7-3-2-4-8-21/h2-4,7-8,10-13,22,24H,5-6,9,14-19H2,1H3,(H,28,32)/t22?,24-/m1/s1. The van der Waals surface area contributed by atoms with Crippen LogP contribution in [0.25, 0.3) is 0 Å². The van der Waals surface area contributed by atoms with Crippen molar-refractivity contribution in [3.8, 4) is 0 Å². The third kappa shape index (κ3) is 4.61. The van der Waals surface area contributed by atoms with Gasteiger partial charge in [0.05, 0.1) is 4.90 Å². The maximum Gasteiger partial charge on any atom is 0.243 e. The Morgan fingerprint density at radius 1 is 1.06 bits per heavy atom. The molecule has 0 aromatic heterocycles. The number of aryl methyl sites for hydroxylation is 1. The first-order valence-corrected chi connectivity index (χ1v) is 13.9. The third-order valence-electron chi connectivity index (χ3n) is 7.96. The molecule has 2 aromatic carbocycles. The van der Waals surface area contributed by atoms with Crippen LogP contribution in [0.2, 0.25) is 0 Å². The number of carbonyl (C=O) groups is 2. The summed E-state index contributed by atoms with van der Waals surface area (Å²) in [6, 6.07) is 16.0. The largest absolute Gasteiger partial charge is 0.349 e. The SMILES string of the molecule is Cc1ccc(S(=O)(=O)N2CCC[C@@H]2C(=O)NC2(C3CC(=O)N(Cc4ccccc4)C3)CCC2)cc1. The van der Waals surface area contributed by atoms with Gasteiger partial charge in [-0.3, -0.25) is 9.59 Å². The monoisotopic (exact) mass is 495 g/mol. The van der Waals surface area contributed by atoms with Gasteiger partial charge in [-0.25, -0.2) is 8.42 Å². The molecule has 3 aliphatic rings. The Balaban J connectivity index is 1.29. The van der Waals surface area contributed by atoms with E-state index in [1.165, 1.54) is 4.31 Å². The zero-order valence-corrected chi connectivity index (χ0v) is 21.0. The molecule has 186 valence electrons. The van der Waals surface area contributed by atoms with Crippen LogP contribution in [0.15, 0.2) is 59.5 Å². The van der Waals surface area contributed by atoms with E-state index in [0.29, 0.717) is 38.9 Å². The molecule has 3 fully saturated rings. The van der Waals surface area contributed by atoms with E-state index in [1.807, 2.05) is 42.2 Å². The first-order valence-electron chi connectivity index (χ1n) is 12.5. The van der Waals surface area contributed by atoms with Crippen LogP contribution in [-0.4, -0.2) is 54.1 Å². The fourth-order valence-corrected chi connectivity index (χ4v) is 7.41. The molecule has 2 heterocycles. The summed E-state index contributed by atoms with van der Waals surface area (Å²) in [7, 11) is -3.75. The minimum absolute atomic E-state index is 0.0416. The quantitative estimate of drug-likeness (QED) is 0.639. The molecular formula is C27H33N3O4S. The second kappa shape index (κ2) is 9.39. The molecule has 0 radical (unpaired) electrons. The van der Waals surface area contributed by atoms with Crippen LogP contribution in [0.3, 0.4) is 0 Å². The van der Waals surface area contributed by atoms with Crippen LogP contribution in [0.4, 0.5) is 0 Å². The summed E-state index contributed by atoms with van der Waals surface area (Å²) < 4.78 is 28.0. The van der Waals surface area contributed by atoms with E-state index >= 15 is 0 Å². The lowest BCUT2D eigenvalue weighted by molar-refractivity contribution is -0.130. The summed E-state index contributed by atoms with van der Waals surface area (Å²) in [5.41, 5.74) is 1.65. The van der Waals surface area contributed by atoms with Crippen LogP contribution in [-0.2, 0) is 26.2 Å². The van der Waals surface area contributed by atoms with E-state index in [0.717, 1.165) is 30.4 Å². The van der Waals surface area contributed by atoms with E-state index in [1.54, 1.807) is 24.3 Å². The predicted octanol–water partition coefficient (Wildman–Crippen LogP) is 3.24. The van der Waals surface area contributed by atoms with Crippen molar-refractivity contribution >= 4 is 21.8 Å². The van der Waals surface area contributed by atoms with Gasteiger partial charge in [0.2, 0.25) is 21.8 Å². The van der Waals surface area contributed by atoms with Crippen molar-refractivity contribution in [2.45, 2.75) is 68.5 Å². The maximum absolute atomic E-state index is 13.5. The number of carbonyl (C=O) groups excluding carboxylic acids is 2. The van der Waals surface area contributed by atoms with E-state index in [-0.39, 0.29) is 22.6 Å². The molecule has 2 amide bonds. The molecule has 2 aromatic rings. The fourth-order valence-electron chi connectivity index (χ4n) is 5.76. The van der Waals surface area contributed by atoms with E-state index < -0.39 is 21.6 Å². The van der Waals surface area contributed by atoms with Crippen LogP contribution >= 0.6 is 0 Å². The van der Waals surface area contributed by atoms with Crippen molar-refractivity contribution in [2.24, 2.45) is 5.92 Å². The molecule has 0 spiro atoms. The van der Waals surface area contributed by atoms with Crippen molar-refractivity contribution < 1.29 is 18.0 Å². The van der Waals surface area contributed by atoms with Gasteiger partial charge in [0, 0.05) is 37.5 Å². The Morgan fingerprint density at radius 2 is 1.77 bits per heavy atom. The van der Waals surface area contributed by atoms with Gasteiger partial charge in [-0.15, -0.1) is 0 Å². The average Bonchev–Trinajstić information content (AvgIpc) is 3.45. The van der Waals surface area contributed by atoms with Crippen LogP contribution in [0.5, 0.6) is 0 Å². The molecule has 1 aliphatic carbocycles. The van der Waals surface area contributed by atoms with Gasteiger partial charge in [-0.1, -0.05) is 48.0 Å². The van der Waals surface area contributed by atoms with E-state index in [4.69, 9.17) is 0 Å². The molecule has 2 atom stereocenters. The lowest BCUT2D eigenvalue weighted by Crippen LogP contribution is -2.62. The van der Waals surface area contributed by atoms with Crippen molar-refractivity contribution in [1.29, 1.82) is 0 Å². The smallest absolute Gasteiger partial charge is 0.243 e. The molecule has 8 heteroatoms. The second-order valence-electron chi connectivity index (χ2n) is 10.2. The number of sulfonamides is 1. The zero-order chi connectivity index (χ0) is 24.6. The minimum atomic E-state index is -3.75. The summed E-state index contributed by atoms with van der Waals surface area (Å²) in [5, 5.41) is 3.26. The second-order valence-corrected chi connectivity index (χ2v) is 12.1. The Bertz CT molecular complexity index is 1190. The molecule has 1 N–H and O–H groups in total. The number of amides is 2. The van der Waals surface area contributed by atoms with Crippen LogP contribution in [0, 0.1) is 12.8 Å². The van der Waals surface area contributed by atoms with Crippen molar-refractivity contribution in [3.05, 3.63) is 65.7 Å². The van der Waals surface area contributed by atoms with Gasteiger partial charge in [0.25, 0.3) is 0 Å². The predicted molar refractivity (Wildman–Crippen MR) is 133 cm³/mol. The summed E-state index contributed by atoms with van der Waals surface area (Å²) in [6.07, 6.45) is 4.24. The lowest BCUT2D eigenvalue weighted by atomic mass is 9.67. The van der Waals surface area contributed by atoms with Gasteiger partial charge in [0.1, 0.15) is 6.04 Å². The number of nitrogens with one attached hydrogen (secondary N) is 1. The summed E-state index contributed by atoms with van der Waals surface area (Å²) in [5.74, 6) is -0.0735. The molecule has 1 saturated carbocycles. The molecule has 2 saturated heterocycles. The molecule has 1 unspecified atom stereocenters. The summed E-state index contributed by atoms with van der Waals surface area (Å²) in [6.45, 7) is 3.44. The van der Waals surface area contributed by atoms with E-state index in [9.17, 15) is 18.0 Å². The van der Waals surface area contributed by atoms with Crippen molar-refractivity contribution in [3.63, 3.8) is 0 Å². The first-order chi connectivity index (χ1) is 16.8. The lowest BCUT2D eigenvalue weighted by Gasteiger charge is -2.47. The van der Waals surface area contributed by atoms with Gasteiger partial charge in [-0.05, 0) is 56.7 Å². The number of hydrogen-bond acceptors (Lipinski definition) is 4. The van der Waals surface area contributed by atoms with Gasteiger partial charge < -0.3 is 10.2 Å². The normalized spacial score (nSPS) is 24.4. The highest BCUT2D eigenvalue weighted by Crippen LogP contribution is 2.43. The maximum atomic E-state index is 13.5. The van der Waals surface area contributed by atoms with Crippen molar-refractivity contribution in [2.75, 3.05) is 13.1 Å². The molecule has 2 aliphatic heterocycles. The number of benzene rings is 2. The molecule has 7 nitrogen and oxygen atoms in total. The van der Waals surface area contributed by atoms with Gasteiger partial charge in [0.15, 0.2) is 0 Å². The number of rotatable bonds is 7. The Kier molecular flexibility index (Phi) is 6.44. The molecule has 0 bridgehead atoms. The highest BCUT2D eigenvalue weighted by atomic mass is 32.2. The number of hydrogen-bond donors (Lipinski definition) is 1. The zero-order valence-electron chi connectivity index (χ0n) is 20.2. The molecular weight excluding hydrogens is 462 g/mol. The Labute approximate surface area is 207 Å². The Morgan fingerprint density at radius 3 is 2.43 bits per heavy atom. The fraction of sp³-hybridized carbons (Fsp3) is 0.481. The van der Waals surface area contributed by atoms with Crippen LogP contribution in [0.1, 0.15) is 49.7 Å². The summed E-state index contributed by atoms with van der Waals surface area (Å²) in [4.78, 5) is 28.4. The molecule has 35 heavy (non-hydrogen) atoms. The van der Waals surface area contributed by atoms with Gasteiger partial charge >= 0.3 is 0 Å². The summed E-state index contributed by atoms with van der Waals surface area (Å²) >= 11 is 0. The highest BCUT2D eigenvalue weighted by molar-refractivity contribution is 7.89. The highest BCUT2D eigenvalue weighted by Gasteiger charge is 2.51. The topological polar surface area (TPSA) is 86.8 Å². The van der Waals surface area contributed by atoms with Crippen LogP contribution < -0.4 is 5.32 Å². The van der Waals surface area contributed by atoms with Crippen molar-refractivity contribution in [1.82, 2.24) is 14.5 Å². The van der Waals surface area contributed by atoms with E-state index in [2.05, 4.69) is 5.32 Å². The van der Waals surface area contributed by atoms with Gasteiger partial charge in [-0.2, -0.15) is 4.31 Å². The first kappa shape index (κ1) is 24.0.